The van der Waals surface area contributed by atoms with Crippen LogP contribution in [0.15, 0.2) is 89.7 Å². The molecule has 0 spiro atoms. The van der Waals surface area contributed by atoms with Crippen molar-refractivity contribution in [2.75, 3.05) is 37.5 Å². The van der Waals surface area contributed by atoms with Crippen LogP contribution in [0.3, 0.4) is 0 Å². The molecule has 4 rings (SSSR count). The Labute approximate surface area is 213 Å². The maximum absolute atomic E-state index is 12.4. The van der Waals surface area contributed by atoms with Gasteiger partial charge in [0.1, 0.15) is 5.75 Å². The third-order valence-electron chi connectivity index (χ3n) is 6.78. The van der Waals surface area contributed by atoms with Crippen molar-refractivity contribution in [1.82, 2.24) is 5.43 Å². The fourth-order valence-corrected chi connectivity index (χ4v) is 4.86. The maximum atomic E-state index is 12.4. The number of nitrogens with one attached hydrogen (secondary N) is 1. The zero-order valence-corrected chi connectivity index (χ0v) is 21.7. The van der Waals surface area contributed by atoms with Crippen molar-refractivity contribution in [1.29, 1.82) is 0 Å². The molecule has 0 radical (unpaired) electrons. The molecule has 1 N–H and O–H groups in total. The number of nitrogens with zero attached hydrogens (tertiary/aromatic N) is 3. The summed E-state index contributed by atoms with van der Waals surface area (Å²) in [6, 6.07) is 24.0. The van der Waals surface area contributed by atoms with Gasteiger partial charge < -0.3 is 14.5 Å². The lowest BCUT2D eigenvalue weighted by Gasteiger charge is -2.30. The summed E-state index contributed by atoms with van der Waals surface area (Å²) in [7, 11) is 5.79. The highest BCUT2D eigenvalue weighted by atomic mass is 16.5. The van der Waals surface area contributed by atoms with E-state index in [4.69, 9.17) is 4.74 Å². The molecule has 1 aliphatic rings. The van der Waals surface area contributed by atoms with E-state index in [2.05, 4.69) is 70.6 Å². The summed E-state index contributed by atoms with van der Waals surface area (Å²) in [6.45, 7) is 5.22. The van der Waals surface area contributed by atoms with Crippen molar-refractivity contribution in [3.63, 3.8) is 0 Å². The first kappa shape index (κ1) is 25.0. The van der Waals surface area contributed by atoms with Crippen LogP contribution in [0.2, 0.25) is 0 Å². The van der Waals surface area contributed by atoms with Crippen molar-refractivity contribution in [2.45, 2.75) is 25.7 Å². The number of likely N-dealkylation sites (N-methyl/N-ethyl adjacent to an activating group) is 1. The minimum absolute atomic E-state index is 0.235. The number of hydrogen-bond acceptors (Lipinski definition) is 5. The van der Waals surface area contributed by atoms with Gasteiger partial charge in [0.15, 0.2) is 0 Å². The van der Waals surface area contributed by atoms with Crippen molar-refractivity contribution in [2.24, 2.45) is 5.10 Å². The van der Waals surface area contributed by atoms with E-state index in [-0.39, 0.29) is 11.3 Å². The number of rotatable bonds is 8. The second kappa shape index (κ2) is 10.7. The number of ether oxygens (including phenoxy) is 1. The van der Waals surface area contributed by atoms with Gasteiger partial charge in [-0.1, -0.05) is 30.3 Å². The number of carbonyl (C=O) groups is 1. The molecule has 3 aromatic carbocycles. The Morgan fingerprint density at radius 2 is 1.81 bits per heavy atom. The van der Waals surface area contributed by atoms with Crippen molar-refractivity contribution < 1.29 is 9.53 Å². The highest BCUT2D eigenvalue weighted by molar-refractivity contribution is 5.94. The molecular formula is C30H34N4O2. The van der Waals surface area contributed by atoms with E-state index >= 15 is 0 Å². The highest BCUT2D eigenvalue weighted by Crippen LogP contribution is 2.50. The third kappa shape index (κ3) is 4.98. The number of allylic oxidation sites excluding steroid dienone is 2. The van der Waals surface area contributed by atoms with Crippen LogP contribution in [-0.4, -0.2) is 39.9 Å². The quantitative estimate of drug-likeness (QED) is 0.345. The van der Waals surface area contributed by atoms with Crippen LogP contribution in [0.1, 0.15) is 35.3 Å². The second-order valence-electron chi connectivity index (χ2n) is 9.33. The van der Waals surface area contributed by atoms with Crippen molar-refractivity contribution >= 4 is 23.5 Å². The van der Waals surface area contributed by atoms with Gasteiger partial charge in [-0.3, -0.25) is 4.79 Å². The number of fused-ring (bicyclic) bond motifs is 1. The first-order valence-electron chi connectivity index (χ1n) is 12.2. The second-order valence-corrected chi connectivity index (χ2v) is 9.33. The van der Waals surface area contributed by atoms with Gasteiger partial charge in [-0.05, 0) is 79.9 Å². The lowest BCUT2D eigenvalue weighted by atomic mass is 9.76. The minimum Gasteiger partial charge on any atom is -0.497 e. The molecule has 6 nitrogen and oxygen atoms in total. The molecule has 0 saturated heterocycles. The molecule has 0 aliphatic carbocycles. The van der Waals surface area contributed by atoms with Crippen molar-refractivity contribution in [3.8, 4) is 5.75 Å². The average Bonchev–Trinajstić information content (AvgIpc) is 3.13. The van der Waals surface area contributed by atoms with Gasteiger partial charge in [0, 0.05) is 54.9 Å². The monoisotopic (exact) mass is 482 g/mol. The summed E-state index contributed by atoms with van der Waals surface area (Å²) in [5.41, 5.74) is 8.82. The molecule has 1 heterocycles. The number of anilines is 2. The zero-order valence-electron chi connectivity index (χ0n) is 21.7. The Bertz CT molecular complexity index is 1270. The van der Waals surface area contributed by atoms with Gasteiger partial charge in [-0.25, -0.2) is 5.43 Å². The summed E-state index contributed by atoms with van der Waals surface area (Å²) in [6.07, 6.45) is 4.50. The molecule has 0 aromatic heterocycles. The normalized spacial score (nSPS) is 17.9. The number of hydrazone groups is 1. The SMILES string of the molecule is CCN1/C(=C\C=N\NC(=O)c2ccccc2)C(C)(Cc2ccc(N(C)C)cc2)c2cc(OC)ccc21. The van der Waals surface area contributed by atoms with E-state index in [9.17, 15) is 4.79 Å². The fraction of sp³-hybridized carbons (Fsp3) is 0.267. The lowest BCUT2D eigenvalue weighted by Crippen LogP contribution is -2.31. The number of benzene rings is 3. The summed E-state index contributed by atoms with van der Waals surface area (Å²) in [5.74, 6) is 0.602. The molecule has 0 saturated carbocycles. The van der Waals surface area contributed by atoms with Gasteiger partial charge in [0.2, 0.25) is 0 Å². The molecule has 1 aliphatic heterocycles. The number of carbonyl (C=O) groups excluding carboxylic acids is 1. The number of hydrogen-bond donors (Lipinski definition) is 1. The van der Waals surface area contributed by atoms with Gasteiger partial charge in [-0.15, -0.1) is 0 Å². The fourth-order valence-electron chi connectivity index (χ4n) is 4.86. The first-order valence-corrected chi connectivity index (χ1v) is 12.2. The van der Waals surface area contributed by atoms with E-state index < -0.39 is 0 Å². The molecule has 0 fully saturated rings. The van der Waals surface area contributed by atoms with Crippen LogP contribution in [0.5, 0.6) is 5.75 Å². The smallest absolute Gasteiger partial charge is 0.271 e. The van der Waals surface area contributed by atoms with Crippen LogP contribution < -0.4 is 20.0 Å². The van der Waals surface area contributed by atoms with E-state index in [1.165, 1.54) is 22.5 Å². The Morgan fingerprint density at radius 1 is 1.08 bits per heavy atom. The van der Waals surface area contributed by atoms with Crippen LogP contribution in [0.4, 0.5) is 11.4 Å². The summed E-state index contributed by atoms with van der Waals surface area (Å²) >= 11 is 0. The molecule has 6 heteroatoms. The van der Waals surface area contributed by atoms with Gasteiger partial charge in [0.25, 0.3) is 5.91 Å². The lowest BCUT2D eigenvalue weighted by molar-refractivity contribution is 0.0955. The molecule has 1 amide bonds. The van der Waals surface area contributed by atoms with Gasteiger partial charge in [-0.2, -0.15) is 5.10 Å². The van der Waals surface area contributed by atoms with Gasteiger partial charge in [0.05, 0.1) is 7.11 Å². The van der Waals surface area contributed by atoms with E-state index in [1.54, 1.807) is 25.5 Å². The molecule has 0 bridgehead atoms. The molecule has 3 aromatic rings. The summed E-state index contributed by atoms with van der Waals surface area (Å²) in [5, 5.41) is 4.22. The Hall–Kier alpha value is -4.06. The van der Waals surface area contributed by atoms with Crippen LogP contribution in [-0.2, 0) is 11.8 Å². The van der Waals surface area contributed by atoms with Crippen LogP contribution >= 0.6 is 0 Å². The maximum Gasteiger partial charge on any atom is 0.271 e. The molecule has 1 unspecified atom stereocenters. The zero-order chi connectivity index (χ0) is 25.7. The molecule has 36 heavy (non-hydrogen) atoms. The number of methoxy groups -OCH3 is 1. The highest BCUT2D eigenvalue weighted by Gasteiger charge is 2.43. The Balaban J connectivity index is 1.68. The predicted molar refractivity (Wildman–Crippen MR) is 148 cm³/mol. The first-order chi connectivity index (χ1) is 17.4. The van der Waals surface area contributed by atoms with E-state index in [1.807, 2.05) is 44.4 Å². The van der Waals surface area contributed by atoms with E-state index in [0.717, 1.165) is 24.4 Å². The van der Waals surface area contributed by atoms with Crippen LogP contribution in [0.25, 0.3) is 0 Å². The molecule has 1 atom stereocenters. The minimum atomic E-state index is -0.311. The summed E-state index contributed by atoms with van der Waals surface area (Å²) in [4.78, 5) is 16.8. The topological polar surface area (TPSA) is 57.2 Å². The Morgan fingerprint density at radius 3 is 2.44 bits per heavy atom. The number of amides is 1. The molecular weight excluding hydrogens is 448 g/mol. The average molecular weight is 483 g/mol. The molecule has 186 valence electrons. The predicted octanol–water partition coefficient (Wildman–Crippen LogP) is 5.40. The van der Waals surface area contributed by atoms with Crippen molar-refractivity contribution in [3.05, 3.63) is 101 Å². The van der Waals surface area contributed by atoms with Crippen LogP contribution in [0, 0.1) is 0 Å². The van der Waals surface area contributed by atoms with Gasteiger partial charge >= 0.3 is 0 Å². The standard InChI is InChI=1S/C30H34N4O2/c1-6-34-27-17-16-25(36-5)20-26(27)30(2,21-22-12-14-24(15-13-22)33(3)4)28(34)18-19-31-32-29(35)23-10-8-7-9-11-23/h7-20H,6,21H2,1-5H3,(H,32,35)/b28-18-,31-19+. The Kier molecular flexibility index (Phi) is 7.44. The largest absolute Gasteiger partial charge is 0.497 e. The van der Waals surface area contributed by atoms with E-state index in [0.29, 0.717) is 5.56 Å². The summed E-state index contributed by atoms with van der Waals surface area (Å²) < 4.78 is 5.58. The third-order valence-corrected chi connectivity index (χ3v) is 6.78.